The van der Waals surface area contributed by atoms with Crippen molar-refractivity contribution in [3.8, 4) is 11.4 Å². The Labute approximate surface area is 217 Å². The highest BCUT2D eigenvalue weighted by atomic mass is 35.5. The summed E-state index contributed by atoms with van der Waals surface area (Å²) in [5, 5.41) is 16.7. The summed E-state index contributed by atoms with van der Waals surface area (Å²) < 4.78 is 45.1. The predicted molar refractivity (Wildman–Crippen MR) is 127 cm³/mol. The van der Waals surface area contributed by atoms with Gasteiger partial charge in [0.05, 0.1) is 12.6 Å². The summed E-state index contributed by atoms with van der Waals surface area (Å²) in [4.78, 5) is 36.8. The van der Waals surface area contributed by atoms with E-state index in [9.17, 15) is 32.7 Å². The zero-order valence-corrected chi connectivity index (χ0v) is 20.3. The van der Waals surface area contributed by atoms with Crippen LogP contribution in [-0.4, -0.2) is 50.3 Å². The molecule has 198 valence electrons. The molecule has 0 aliphatic rings. The largest absolute Gasteiger partial charge is 0.447 e. The Hall–Kier alpha value is -3.55. The fraction of sp³-hybridized carbons (Fsp3) is 0.273. The molecule has 37 heavy (non-hydrogen) atoms. The molecule has 2 unspecified atom stereocenters. The Morgan fingerprint density at radius 3 is 2.38 bits per heavy atom. The highest BCUT2D eigenvalue weighted by molar-refractivity contribution is 6.31. The molecule has 2 atom stereocenters. The molecular formula is C22H20Cl2F3N5O5. The molecule has 3 rings (SSSR count). The number of carbonyl (C=O) groups excluding carboxylic acids is 2. The molecule has 0 spiro atoms. The van der Waals surface area contributed by atoms with Crippen LogP contribution in [0.1, 0.15) is 11.6 Å². The van der Waals surface area contributed by atoms with Gasteiger partial charge in [0, 0.05) is 15.6 Å². The van der Waals surface area contributed by atoms with Crippen molar-refractivity contribution >= 4 is 35.2 Å². The second kappa shape index (κ2) is 11.7. The highest BCUT2D eigenvalue weighted by Gasteiger charge is 2.39. The van der Waals surface area contributed by atoms with E-state index in [1.54, 1.807) is 18.2 Å². The van der Waals surface area contributed by atoms with Gasteiger partial charge in [-0.05, 0) is 35.9 Å². The SMILES string of the molecule is NC(=O)OCC(NC(=O)Cn1nc(-c2ccc(Cl)cc2)n(CC(O)C(F)(F)F)c1=O)c1ccccc1Cl. The Bertz CT molecular complexity index is 1330. The van der Waals surface area contributed by atoms with Crippen LogP contribution in [0, 0.1) is 0 Å². The molecule has 0 bridgehead atoms. The van der Waals surface area contributed by atoms with Crippen LogP contribution in [0.3, 0.4) is 0 Å². The highest BCUT2D eigenvalue weighted by Crippen LogP contribution is 2.25. The van der Waals surface area contributed by atoms with Crippen LogP contribution in [-0.2, 0) is 22.6 Å². The quantitative estimate of drug-likeness (QED) is 0.366. The van der Waals surface area contributed by atoms with Gasteiger partial charge in [-0.25, -0.2) is 14.3 Å². The maximum Gasteiger partial charge on any atom is 0.416 e. The second-order valence-corrected chi connectivity index (χ2v) is 8.55. The van der Waals surface area contributed by atoms with E-state index < -0.39 is 49.1 Å². The average Bonchev–Trinajstić information content (AvgIpc) is 3.11. The summed E-state index contributed by atoms with van der Waals surface area (Å²) in [5.74, 6) is -1.03. The molecule has 10 nitrogen and oxygen atoms in total. The zero-order valence-electron chi connectivity index (χ0n) is 18.8. The van der Waals surface area contributed by atoms with E-state index >= 15 is 0 Å². The van der Waals surface area contributed by atoms with Gasteiger partial charge < -0.3 is 20.9 Å². The van der Waals surface area contributed by atoms with Crippen molar-refractivity contribution in [2.75, 3.05) is 6.61 Å². The number of aliphatic hydroxyl groups is 1. The number of aromatic nitrogens is 3. The molecule has 0 aliphatic heterocycles. The third-order valence-corrected chi connectivity index (χ3v) is 5.66. The van der Waals surface area contributed by atoms with Gasteiger partial charge in [0.2, 0.25) is 5.91 Å². The van der Waals surface area contributed by atoms with Crippen molar-refractivity contribution in [3.05, 3.63) is 74.6 Å². The maximum atomic E-state index is 13.0. The lowest BCUT2D eigenvalue weighted by Gasteiger charge is -2.19. The zero-order chi connectivity index (χ0) is 27.3. The third-order valence-electron chi connectivity index (χ3n) is 5.06. The van der Waals surface area contributed by atoms with Gasteiger partial charge in [0.15, 0.2) is 11.9 Å². The van der Waals surface area contributed by atoms with E-state index in [1.807, 2.05) is 0 Å². The molecule has 4 N–H and O–H groups in total. The van der Waals surface area contributed by atoms with Gasteiger partial charge in [0.25, 0.3) is 0 Å². The summed E-state index contributed by atoms with van der Waals surface area (Å²) >= 11 is 12.0. The molecule has 3 aromatic rings. The maximum absolute atomic E-state index is 13.0. The minimum atomic E-state index is -5.00. The third kappa shape index (κ3) is 7.24. The summed E-state index contributed by atoms with van der Waals surface area (Å²) in [6.07, 6.45) is -8.96. The van der Waals surface area contributed by atoms with Crippen molar-refractivity contribution < 1.29 is 32.6 Å². The normalized spacial score (nSPS) is 13.1. The van der Waals surface area contributed by atoms with Gasteiger partial charge >= 0.3 is 18.0 Å². The van der Waals surface area contributed by atoms with E-state index in [0.717, 1.165) is 0 Å². The monoisotopic (exact) mass is 561 g/mol. The molecule has 2 amide bonds. The first-order valence-electron chi connectivity index (χ1n) is 10.5. The Morgan fingerprint density at radius 1 is 1.14 bits per heavy atom. The molecule has 0 saturated heterocycles. The van der Waals surface area contributed by atoms with Crippen LogP contribution in [0.2, 0.25) is 10.0 Å². The Balaban J connectivity index is 1.92. The second-order valence-electron chi connectivity index (χ2n) is 7.71. The van der Waals surface area contributed by atoms with E-state index in [2.05, 4.69) is 10.4 Å². The first-order valence-corrected chi connectivity index (χ1v) is 11.3. The van der Waals surface area contributed by atoms with Crippen LogP contribution in [0.4, 0.5) is 18.0 Å². The van der Waals surface area contributed by atoms with Gasteiger partial charge in [0.1, 0.15) is 13.2 Å². The number of carbonyl (C=O) groups is 2. The van der Waals surface area contributed by atoms with Crippen LogP contribution in [0.25, 0.3) is 11.4 Å². The van der Waals surface area contributed by atoms with Crippen LogP contribution >= 0.6 is 23.2 Å². The number of nitrogens with two attached hydrogens (primary N) is 1. The molecule has 1 aromatic heterocycles. The van der Waals surface area contributed by atoms with Crippen molar-refractivity contribution in [2.24, 2.45) is 5.73 Å². The molecular weight excluding hydrogens is 542 g/mol. The average molecular weight is 562 g/mol. The van der Waals surface area contributed by atoms with Crippen LogP contribution in [0.15, 0.2) is 53.3 Å². The molecule has 0 saturated carbocycles. The van der Waals surface area contributed by atoms with E-state index in [1.165, 1.54) is 30.3 Å². The molecule has 2 aromatic carbocycles. The number of primary amides is 1. The summed E-state index contributed by atoms with van der Waals surface area (Å²) in [7, 11) is 0. The first kappa shape index (κ1) is 28.0. The van der Waals surface area contributed by atoms with Gasteiger partial charge in [-0.2, -0.15) is 13.2 Å². The Morgan fingerprint density at radius 2 is 1.78 bits per heavy atom. The number of nitrogens with one attached hydrogen (secondary N) is 1. The van der Waals surface area contributed by atoms with Gasteiger partial charge in [-0.1, -0.05) is 41.4 Å². The predicted octanol–water partition coefficient (Wildman–Crippen LogP) is 2.89. The standard InChI is InChI=1S/C22H20Cl2F3N5O5/c23-13-7-5-12(6-8-13)19-30-32(21(36)31(19)9-17(33)22(25,26)27)10-18(34)29-16(11-37-20(28)35)14-3-1-2-4-15(14)24/h1-8,16-17,33H,9-11H2,(H2,28,35)(H,29,34). The minimum absolute atomic E-state index is 0.221. The van der Waals surface area contributed by atoms with Crippen molar-refractivity contribution in [1.82, 2.24) is 19.7 Å². The summed E-state index contributed by atoms with van der Waals surface area (Å²) in [6.45, 7) is -2.26. The van der Waals surface area contributed by atoms with Crippen molar-refractivity contribution in [1.29, 1.82) is 0 Å². The molecule has 0 aliphatic carbocycles. The molecule has 0 fully saturated rings. The topological polar surface area (TPSA) is 141 Å². The van der Waals surface area contributed by atoms with Gasteiger partial charge in [-0.3, -0.25) is 9.36 Å². The number of ether oxygens (including phenoxy) is 1. The fourth-order valence-corrected chi connectivity index (χ4v) is 3.70. The van der Waals surface area contributed by atoms with E-state index in [4.69, 9.17) is 33.7 Å². The number of hydrogen-bond donors (Lipinski definition) is 3. The molecule has 0 radical (unpaired) electrons. The lowest BCUT2D eigenvalue weighted by molar-refractivity contribution is -0.207. The van der Waals surface area contributed by atoms with Crippen LogP contribution in [0.5, 0.6) is 0 Å². The van der Waals surface area contributed by atoms with Crippen molar-refractivity contribution in [2.45, 2.75) is 31.4 Å². The number of alkyl halides is 3. The van der Waals surface area contributed by atoms with Crippen molar-refractivity contribution in [3.63, 3.8) is 0 Å². The number of amides is 2. The first-order chi connectivity index (χ1) is 17.4. The lowest BCUT2D eigenvalue weighted by atomic mass is 10.1. The summed E-state index contributed by atoms with van der Waals surface area (Å²) in [5.41, 5.74) is 4.54. The number of hydrogen-bond acceptors (Lipinski definition) is 6. The number of halogens is 5. The number of nitrogens with zero attached hydrogens (tertiary/aromatic N) is 3. The molecule has 1 heterocycles. The fourth-order valence-electron chi connectivity index (χ4n) is 3.31. The summed E-state index contributed by atoms with van der Waals surface area (Å²) in [6, 6.07) is 11.1. The number of benzene rings is 2. The minimum Gasteiger partial charge on any atom is -0.447 e. The lowest BCUT2D eigenvalue weighted by Crippen LogP contribution is -2.39. The Kier molecular flexibility index (Phi) is 8.84. The number of aliphatic hydroxyl groups excluding tert-OH is 1. The number of rotatable bonds is 9. The van der Waals surface area contributed by atoms with E-state index in [0.29, 0.717) is 19.8 Å². The molecule has 15 heteroatoms. The van der Waals surface area contributed by atoms with Crippen LogP contribution < -0.4 is 16.7 Å². The smallest absolute Gasteiger partial charge is 0.416 e. The van der Waals surface area contributed by atoms with Gasteiger partial charge in [-0.15, -0.1) is 5.10 Å². The van der Waals surface area contributed by atoms with E-state index in [-0.39, 0.29) is 23.0 Å².